The van der Waals surface area contributed by atoms with Crippen LogP contribution < -0.4 is 16.0 Å². The molecule has 0 atom stereocenters. The Morgan fingerprint density at radius 1 is 1.22 bits per heavy atom. The lowest BCUT2D eigenvalue weighted by Gasteiger charge is -2.21. The molecule has 1 aliphatic heterocycles. The van der Waals surface area contributed by atoms with E-state index in [0.29, 0.717) is 30.5 Å². The monoisotopic (exact) mass is 273 g/mol. The minimum Gasteiger partial charge on any atom is -0.356 e. The normalized spacial score (nSPS) is 16.3. The molecule has 3 N–H and O–H groups in total. The highest BCUT2D eigenvalue weighted by atomic mass is 32.2. The van der Waals surface area contributed by atoms with Crippen molar-refractivity contribution in [2.75, 3.05) is 31.9 Å². The van der Waals surface area contributed by atoms with Gasteiger partial charge in [-0.2, -0.15) is 0 Å². The number of carbonyl (C=O) groups excluding carboxylic acids is 2. The smallest absolute Gasteiger partial charge is 0.230 e. The van der Waals surface area contributed by atoms with Crippen LogP contribution in [0.3, 0.4) is 0 Å². The number of hydrogen-bond donors (Lipinski definition) is 3. The molecule has 5 nitrogen and oxygen atoms in total. The fourth-order valence-electron chi connectivity index (χ4n) is 1.81. The van der Waals surface area contributed by atoms with Crippen LogP contribution in [0.25, 0.3) is 0 Å². The molecule has 104 valence electrons. The van der Waals surface area contributed by atoms with Crippen LogP contribution in [0.5, 0.6) is 0 Å². The van der Waals surface area contributed by atoms with Gasteiger partial charge in [0.15, 0.2) is 0 Å². The van der Waals surface area contributed by atoms with E-state index >= 15 is 0 Å². The number of rotatable bonds is 7. The minimum absolute atomic E-state index is 0.0104. The van der Waals surface area contributed by atoms with Gasteiger partial charge in [-0.1, -0.05) is 0 Å². The maximum Gasteiger partial charge on any atom is 0.230 e. The molecule has 0 aliphatic carbocycles. The molecule has 18 heavy (non-hydrogen) atoms. The molecule has 1 rings (SSSR count). The van der Waals surface area contributed by atoms with E-state index in [2.05, 4.69) is 16.0 Å². The van der Waals surface area contributed by atoms with Crippen LogP contribution in [0.15, 0.2) is 0 Å². The van der Waals surface area contributed by atoms with Crippen LogP contribution in [0.2, 0.25) is 0 Å². The predicted octanol–water partition coefficient (Wildman–Crippen LogP) is 0.114. The molecule has 1 fully saturated rings. The van der Waals surface area contributed by atoms with Crippen LogP contribution in [0, 0.1) is 0 Å². The van der Waals surface area contributed by atoms with Gasteiger partial charge >= 0.3 is 0 Å². The molecule has 2 amide bonds. The van der Waals surface area contributed by atoms with Crippen LogP contribution >= 0.6 is 11.8 Å². The molecule has 6 heteroatoms. The number of hydrogen-bond acceptors (Lipinski definition) is 4. The van der Waals surface area contributed by atoms with Gasteiger partial charge in [0.25, 0.3) is 0 Å². The summed E-state index contributed by atoms with van der Waals surface area (Å²) >= 11 is 1.72. The standard InChI is InChI=1S/C12H23N3O2S/c1-2-14-11(16)5-8-15-12(17)9-18-10-3-6-13-7-4-10/h10,13H,2-9H2,1H3,(H,14,16)(H,15,17). The van der Waals surface area contributed by atoms with E-state index in [1.54, 1.807) is 11.8 Å². The van der Waals surface area contributed by atoms with Gasteiger partial charge in [0.05, 0.1) is 5.75 Å². The van der Waals surface area contributed by atoms with Gasteiger partial charge < -0.3 is 16.0 Å². The van der Waals surface area contributed by atoms with E-state index in [-0.39, 0.29) is 11.8 Å². The molecule has 0 radical (unpaired) electrons. The molecule has 0 unspecified atom stereocenters. The van der Waals surface area contributed by atoms with Gasteiger partial charge in [0, 0.05) is 24.8 Å². The maximum atomic E-state index is 11.5. The molecule has 0 aromatic rings. The fourth-order valence-corrected chi connectivity index (χ4v) is 2.87. The average molecular weight is 273 g/mol. The Kier molecular flexibility index (Phi) is 7.84. The topological polar surface area (TPSA) is 70.2 Å². The van der Waals surface area contributed by atoms with Crippen molar-refractivity contribution >= 4 is 23.6 Å². The molecular formula is C12H23N3O2S. The van der Waals surface area contributed by atoms with E-state index in [9.17, 15) is 9.59 Å². The highest BCUT2D eigenvalue weighted by Crippen LogP contribution is 2.19. The quantitative estimate of drug-likeness (QED) is 0.616. The van der Waals surface area contributed by atoms with Crippen molar-refractivity contribution in [3.05, 3.63) is 0 Å². The summed E-state index contributed by atoms with van der Waals surface area (Å²) in [5.41, 5.74) is 0. The first-order valence-electron chi connectivity index (χ1n) is 6.58. The molecule has 0 aromatic heterocycles. The van der Waals surface area contributed by atoms with Crippen molar-refractivity contribution in [3.8, 4) is 0 Å². The van der Waals surface area contributed by atoms with E-state index in [1.807, 2.05) is 6.92 Å². The van der Waals surface area contributed by atoms with Gasteiger partial charge in [-0.05, 0) is 32.9 Å². The zero-order valence-corrected chi connectivity index (χ0v) is 11.8. The summed E-state index contributed by atoms with van der Waals surface area (Å²) in [6.07, 6.45) is 2.63. The second-order valence-corrected chi connectivity index (χ2v) is 5.60. The lowest BCUT2D eigenvalue weighted by molar-refractivity contribution is -0.121. The summed E-state index contributed by atoms with van der Waals surface area (Å²) < 4.78 is 0. The SMILES string of the molecule is CCNC(=O)CCNC(=O)CSC1CCNCC1. The van der Waals surface area contributed by atoms with Crippen molar-refractivity contribution in [1.82, 2.24) is 16.0 Å². The van der Waals surface area contributed by atoms with Gasteiger partial charge in [0.2, 0.25) is 11.8 Å². The number of piperidine rings is 1. The van der Waals surface area contributed by atoms with E-state index in [1.165, 1.54) is 0 Å². The Labute approximate surface area is 113 Å². The minimum atomic E-state index is -0.0104. The molecule has 0 bridgehead atoms. The van der Waals surface area contributed by atoms with Gasteiger partial charge in [-0.15, -0.1) is 11.8 Å². The summed E-state index contributed by atoms with van der Waals surface area (Å²) in [5, 5.41) is 9.38. The van der Waals surface area contributed by atoms with Crippen LogP contribution in [0.4, 0.5) is 0 Å². The zero-order chi connectivity index (χ0) is 13.2. The van der Waals surface area contributed by atoms with Crippen molar-refractivity contribution < 1.29 is 9.59 Å². The molecule has 1 saturated heterocycles. The molecule has 0 saturated carbocycles. The van der Waals surface area contributed by atoms with Gasteiger partial charge in [0.1, 0.15) is 0 Å². The highest BCUT2D eigenvalue weighted by Gasteiger charge is 2.14. The van der Waals surface area contributed by atoms with Crippen molar-refractivity contribution in [2.45, 2.75) is 31.4 Å². The summed E-state index contributed by atoms with van der Waals surface area (Å²) in [4.78, 5) is 22.7. The van der Waals surface area contributed by atoms with Gasteiger partial charge in [-0.25, -0.2) is 0 Å². The van der Waals surface area contributed by atoms with E-state index < -0.39 is 0 Å². The first-order valence-corrected chi connectivity index (χ1v) is 7.63. The summed E-state index contributed by atoms with van der Waals surface area (Å²) in [6.45, 7) is 5.05. The van der Waals surface area contributed by atoms with Gasteiger partial charge in [-0.3, -0.25) is 9.59 Å². The maximum absolute atomic E-state index is 11.5. The van der Waals surface area contributed by atoms with Crippen molar-refractivity contribution in [2.24, 2.45) is 0 Å². The Morgan fingerprint density at radius 3 is 2.61 bits per heavy atom. The van der Waals surface area contributed by atoms with Crippen LogP contribution in [-0.2, 0) is 9.59 Å². The molecule has 1 heterocycles. The van der Waals surface area contributed by atoms with Crippen LogP contribution in [0.1, 0.15) is 26.2 Å². The van der Waals surface area contributed by atoms with Crippen molar-refractivity contribution in [3.63, 3.8) is 0 Å². The molecule has 0 aromatic carbocycles. The highest BCUT2D eigenvalue weighted by molar-refractivity contribution is 8.00. The molecule has 0 spiro atoms. The predicted molar refractivity (Wildman–Crippen MR) is 74.7 cm³/mol. The summed E-state index contributed by atoms with van der Waals surface area (Å²) in [5.74, 6) is 0.520. The first kappa shape index (κ1) is 15.3. The average Bonchev–Trinajstić information content (AvgIpc) is 2.38. The van der Waals surface area contributed by atoms with E-state index in [4.69, 9.17) is 0 Å². The summed E-state index contributed by atoms with van der Waals surface area (Å²) in [6, 6.07) is 0. The Bertz CT molecular complexity index is 268. The Hall–Kier alpha value is -0.750. The largest absolute Gasteiger partial charge is 0.356 e. The number of carbonyl (C=O) groups is 2. The zero-order valence-electron chi connectivity index (χ0n) is 11.0. The van der Waals surface area contributed by atoms with Crippen molar-refractivity contribution in [1.29, 1.82) is 0 Å². The Morgan fingerprint density at radius 2 is 1.94 bits per heavy atom. The number of thioether (sulfide) groups is 1. The lowest BCUT2D eigenvalue weighted by Crippen LogP contribution is -2.33. The fraction of sp³-hybridized carbons (Fsp3) is 0.833. The summed E-state index contributed by atoms with van der Waals surface area (Å²) in [7, 11) is 0. The number of nitrogens with one attached hydrogen (secondary N) is 3. The second-order valence-electron chi connectivity index (χ2n) is 4.31. The number of amides is 2. The lowest BCUT2D eigenvalue weighted by atomic mass is 10.2. The van der Waals surface area contributed by atoms with Crippen LogP contribution in [-0.4, -0.2) is 49.0 Å². The Balaban J connectivity index is 2.01. The first-order chi connectivity index (χ1) is 8.72. The third-order valence-electron chi connectivity index (χ3n) is 2.78. The molecular weight excluding hydrogens is 250 g/mol. The molecule has 1 aliphatic rings. The second kappa shape index (κ2) is 9.22. The third kappa shape index (κ3) is 6.86. The van der Waals surface area contributed by atoms with E-state index in [0.717, 1.165) is 25.9 Å². The third-order valence-corrected chi connectivity index (χ3v) is 4.16.